The summed E-state index contributed by atoms with van der Waals surface area (Å²) >= 11 is 0. The standard InChI is InChI=1S/C20H22N4O/c1-24-12-2-3-18(24)9-11-23-20(25)17-6-4-16(5-7-17)19-13-15(14-21)8-10-22-19/h4-8,10,13,18H,2-3,9,11-12H2,1H3,(H,23,25)/t18-/m0/s1. The highest BCUT2D eigenvalue weighted by Crippen LogP contribution is 2.19. The number of nitriles is 1. The first-order valence-electron chi connectivity index (χ1n) is 8.62. The first kappa shape index (κ1) is 17.1. The van der Waals surface area contributed by atoms with Gasteiger partial charge in [-0.2, -0.15) is 5.26 Å². The van der Waals surface area contributed by atoms with E-state index in [-0.39, 0.29) is 5.91 Å². The number of likely N-dealkylation sites (tertiary alicyclic amines) is 1. The summed E-state index contributed by atoms with van der Waals surface area (Å²) in [6.45, 7) is 1.85. The van der Waals surface area contributed by atoms with Crippen molar-refractivity contribution in [1.29, 1.82) is 5.26 Å². The number of pyridine rings is 1. The number of carbonyl (C=O) groups excluding carboxylic acids is 1. The van der Waals surface area contributed by atoms with Gasteiger partial charge in [-0.3, -0.25) is 9.78 Å². The number of carbonyl (C=O) groups is 1. The molecule has 1 amide bonds. The molecular formula is C20H22N4O. The summed E-state index contributed by atoms with van der Waals surface area (Å²) in [6.07, 6.45) is 5.08. The van der Waals surface area contributed by atoms with Gasteiger partial charge in [0.05, 0.1) is 17.3 Å². The molecule has 0 spiro atoms. The molecule has 1 aliphatic rings. The van der Waals surface area contributed by atoms with E-state index in [1.165, 1.54) is 12.8 Å². The van der Waals surface area contributed by atoms with Crippen molar-refractivity contribution in [2.45, 2.75) is 25.3 Å². The van der Waals surface area contributed by atoms with E-state index in [1.807, 2.05) is 12.1 Å². The van der Waals surface area contributed by atoms with Crippen LogP contribution in [0.1, 0.15) is 35.2 Å². The van der Waals surface area contributed by atoms with Crippen LogP contribution in [-0.2, 0) is 0 Å². The Morgan fingerprint density at radius 3 is 2.84 bits per heavy atom. The SMILES string of the molecule is CN1CCC[C@H]1CCNC(=O)c1ccc(-c2cc(C#N)ccn2)cc1. The average Bonchev–Trinajstić information content (AvgIpc) is 3.07. The van der Waals surface area contributed by atoms with E-state index in [9.17, 15) is 4.79 Å². The number of hydrogen-bond acceptors (Lipinski definition) is 4. The Morgan fingerprint density at radius 2 is 2.16 bits per heavy atom. The molecule has 0 radical (unpaired) electrons. The molecule has 1 aliphatic heterocycles. The van der Waals surface area contributed by atoms with Crippen molar-refractivity contribution in [3.05, 3.63) is 53.7 Å². The minimum atomic E-state index is -0.0501. The van der Waals surface area contributed by atoms with Gasteiger partial charge in [-0.05, 0) is 57.1 Å². The predicted molar refractivity (Wildman–Crippen MR) is 97.0 cm³/mol. The molecule has 5 nitrogen and oxygen atoms in total. The van der Waals surface area contributed by atoms with Crippen LogP contribution in [0, 0.1) is 11.3 Å². The fraction of sp³-hybridized carbons (Fsp3) is 0.350. The molecule has 0 saturated carbocycles. The number of rotatable bonds is 5. The largest absolute Gasteiger partial charge is 0.352 e. The second-order valence-electron chi connectivity index (χ2n) is 6.44. The lowest BCUT2D eigenvalue weighted by molar-refractivity contribution is 0.0950. The van der Waals surface area contributed by atoms with Gasteiger partial charge in [-0.25, -0.2) is 0 Å². The third-order valence-electron chi connectivity index (χ3n) is 4.77. The van der Waals surface area contributed by atoms with Gasteiger partial charge in [0.25, 0.3) is 5.91 Å². The maximum absolute atomic E-state index is 12.3. The van der Waals surface area contributed by atoms with Crippen LogP contribution in [-0.4, -0.2) is 42.0 Å². The van der Waals surface area contributed by atoms with Crippen LogP contribution in [0.25, 0.3) is 11.3 Å². The fourth-order valence-electron chi connectivity index (χ4n) is 3.25. The van der Waals surface area contributed by atoms with E-state index in [0.717, 1.165) is 24.2 Å². The van der Waals surface area contributed by atoms with Gasteiger partial charge in [-0.1, -0.05) is 12.1 Å². The number of benzene rings is 1. The molecule has 1 atom stereocenters. The van der Waals surface area contributed by atoms with Crippen LogP contribution in [0.3, 0.4) is 0 Å². The van der Waals surface area contributed by atoms with Crippen molar-refractivity contribution in [3.8, 4) is 17.3 Å². The molecule has 1 N–H and O–H groups in total. The van der Waals surface area contributed by atoms with Crippen molar-refractivity contribution in [1.82, 2.24) is 15.2 Å². The molecule has 25 heavy (non-hydrogen) atoms. The molecule has 0 aliphatic carbocycles. The molecule has 0 bridgehead atoms. The summed E-state index contributed by atoms with van der Waals surface area (Å²) in [5, 5.41) is 12.0. The molecule has 1 fully saturated rings. The van der Waals surface area contributed by atoms with Crippen molar-refractivity contribution in [3.63, 3.8) is 0 Å². The highest BCUT2D eigenvalue weighted by Gasteiger charge is 2.20. The average molecular weight is 334 g/mol. The summed E-state index contributed by atoms with van der Waals surface area (Å²) in [6, 6.07) is 13.4. The lowest BCUT2D eigenvalue weighted by Crippen LogP contribution is -2.31. The van der Waals surface area contributed by atoms with Gasteiger partial charge in [0.2, 0.25) is 0 Å². The molecule has 0 unspecified atom stereocenters. The maximum atomic E-state index is 12.3. The van der Waals surface area contributed by atoms with Crippen LogP contribution in [0.2, 0.25) is 0 Å². The van der Waals surface area contributed by atoms with E-state index in [0.29, 0.717) is 23.7 Å². The molecule has 2 aromatic rings. The van der Waals surface area contributed by atoms with Gasteiger partial charge in [0.15, 0.2) is 0 Å². The molecule has 128 valence electrons. The summed E-state index contributed by atoms with van der Waals surface area (Å²) in [5.74, 6) is -0.0501. The number of nitrogens with zero attached hydrogens (tertiary/aromatic N) is 3. The molecule has 3 rings (SSSR count). The van der Waals surface area contributed by atoms with Crippen LogP contribution in [0.5, 0.6) is 0 Å². The van der Waals surface area contributed by atoms with Gasteiger partial charge < -0.3 is 10.2 Å². The van der Waals surface area contributed by atoms with Gasteiger partial charge in [-0.15, -0.1) is 0 Å². The van der Waals surface area contributed by atoms with Crippen LogP contribution in [0.4, 0.5) is 0 Å². The van der Waals surface area contributed by atoms with Crippen molar-refractivity contribution in [2.75, 3.05) is 20.1 Å². The first-order chi connectivity index (χ1) is 12.2. The lowest BCUT2D eigenvalue weighted by atomic mass is 10.1. The van der Waals surface area contributed by atoms with Gasteiger partial charge in [0.1, 0.15) is 0 Å². The minimum Gasteiger partial charge on any atom is -0.352 e. The topological polar surface area (TPSA) is 69.0 Å². The molecular weight excluding hydrogens is 312 g/mol. The van der Waals surface area contributed by atoms with E-state index >= 15 is 0 Å². The van der Waals surface area contributed by atoms with Gasteiger partial charge >= 0.3 is 0 Å². The zero-order valence-corrected chi connectivity index (χ0v) is 14.4. The van der Waals surface area contributed by atoms with E-state index in [1.54, 1.807) is 30.5 Å². The summed E-state index contributed by atoms with van der Waals surface area (Å²) in [7, 11) is 2.15. The fourth-order valence-corrected chi connectivity index (χ4v) is 3.25. The van der Waals surface area contributed by atoms with E-state index in [4.69, 9.17) is 5.26 Å². The highest BCUT2D eigenvalue weighted by molar-refractivity contribution is 5.94. The molecule has 1 saturated heterocycles. The number of aromatic nitrogens is 1. The monoisotopic (exact) mass is 334 g/mol. The number of nitrogens with one attached hydrogen (secondary N) is 1. The molecule has 2 heterocycles. The second-order valence-corrected chi connectivity index (χ2v) is 6.44. The summed E-state index contributed by atoms with van der Waals surface area (Å²) in [5.41, 5.74) is 2.83. The van der Waals surface area contributed by atoms with Crippen LogP contribution >= 0.6 is 0 Å². The predicted octanol–water partition coefficient (Wildman–Crippen LogP) is 2.83. The molecule has 5 heteroatoms. The van der Waals surface area contributed by atoms with Gasteiger partial charge in [0, 0.05) is 29.9 Å². The van der Waals surface area contributed by atoms with E-state index in [2.05, 4.69) is 28.3 Å². The zero-order valence-electron chi connectivity index (χ0n) is 14.4. The molecule has 1 aromatic carbocycles. The maximum Gasteiger partial charge on any atom is 0.251 e. The summed E-state index contributed by atoms with van der Waals surface area (Å²) in [4.78, 5) is 18.9. The van der Waals surface area contributed by atoms with Crippen molar-refractivity contribution >= 4 is 5.91 Å². The number of hydrogen-bond donors (Lipinski definition) is 1. The third-order valence-corrected chi connectivity index (χ3v) is 4.77. The smallest absolute Gasteiger partial charge is 0.251 e. The minimum absolute atomic E-state index is 0.0501. The third kappa shape index (κ3) is 4.23. The highest BCUT2D eigenvalue weighted by atomic mass is 16.1. The van der Waals surface area contributed by atoms with Crippen molar-refractivity contribution < 1.29 is 4.79 Å². The first-order valence-corrected chi connectivity index (χ1v) is 8.62. The normalized spacial score (nSPS) is 17.2. The zero-order chi connectivity index (χ0) is 17.6. The Labute approximate surface area is 148 Å². The Balaban J connectivity index is 1.58. The Bertz CT molecular complexity index is 779. The van der Waals surface area contributed by atoms with Crippen LogP contribution in [0.15, 0.2) is 42.6 Å². The van der Waals surface area contributed by atoms with E-state index < -0.39 is 0 Å². The Hall–Kier alpha value is -2.71. The number of amides is 1. The van der Waals surface area contributed by atoms with Crippen molar-refractivity contribution in [2.24, 2.45) is 0 Å². The Kier molecular flexibility index (Phi) is 5.42. The molecule has 1 aromatic heterocycles. The Morgan fingerprint density at radius 1 is 1.36 bits per heavy atom. The van der Waals surface area contributed by atoms with Crippen LogP contribution < -0.4 is 5.32 Å². The second kappa shape index (κ2) is 7.91. The summed E-state index contributed by atoms with van der Waals surface area (Å²) < 4.78 is 0. The quantitative estimate of drug-likeness (QED) is 0.913. The lowest BCUT2D eigenvalue weighted by Gasteiger charge is -2.19.